The Morgan fingerprint density at radius 3 is 2.58 bits per heavy atom. The first-order chi connectivity index (χ1) is 15.0. The van der Waals surface area contributed by atoms with Crippen molar-refractivity contribution >= 4 is 22.4 Å². The molecule has 2 aromatic heterocycles. The van der Waals surface area contributed by atoms with Crippen molar-refractivity contribution in [1.82, 2.24) is 19.9 Å². The van der Waals surface area contributed by atoms with Crippen LogP contribution in [0.4, 0.5) is 5.82 Å². The third-order valence-corrected chi connectivity index (χ3v) is 5.63. The van der Waals surface area contributed by atoms with Crippen LogP contribution >= 0.6 is 0 Å². The summed E-state index contributed by atoms with van der Waals surface area (Å²) in [4.78, 5) is 22.4. The molecule has 6 heteroatoms. The van der Waals surface area contributed by atoms with Gasteiger partial charge in [0.25, 0.3) is 0 Å². The van der Waals surface area contributed by atoms with Gasteiger partial charge in [0.2, 0.25) is 0 Å². The number of fused-ring (bicyclic) bond motifs is 1. The topological polar surface area (TPSA) is 76.0 Å². The van der Waals surface area contributed by atoms with Gasteiger partial charge in [-0.25, -0.2) is 19.9 Å². The second kappa shape index (κ2) is 8.76. The van der Waals surface area contributed by atoms with Crippen LogP contribution in [0.15, 0.2) is 60.2 Å². The molecule has 3 aromatic rings. The monoisotopic (exact) mass is 412 g/mol. The molecule has 0 saturated heterocycles. The summed E-state index contributed by atoms with van der Waals surface area (Å²) in [7, 11) is 1.78. The number of rotatable bonds is 7. The lowest BCUT2D eigenvalue weighted by Crippen LogP contribution is -2.18. The van der Waals surface area contributed by atoms with Gasteiger partial charge >= 0.3 is 0 Å². The Labute approximate surface area is 183 Å². The van der Waals surface area contributed by atoms with E-state index in [4.69, 9.17) is 0 Å². The Hall–Kier alpha value is -3.41. The highest BCUT2D eigenvalue weighted by Gasteiger charge is 2.27. The predicted octanol–water partition coefficient (Wildman–Crippen LogP) is 5.28. The van der Waals surface area contributed by atoms with Crippen molar-refractivity contribution in [1.29, 1.82) is 0 Å². The number of aromatic nitrogens is 4. The minimum absolute atomic E-state index is 0.00246. The van der Waals surface area contributed by atoms with E-state index in [1.54, 1.807) is 13.4 Å². The van der Waals surface area contributed by atoms with Crippen molar-refractivity contribution < 1.29 is 0 Å². The zero-order chi connectivity index (χ0) is 22.0. The van der Waals surface area contributed by atoms with Crippen LogP contribution in [0.25, 0.3) is 22.3 Å². The molecule has 0 bridgehead atoms. The molecule has 1 saturated carbocycles. The maximum absolute atomic E-state index is 4.63. The number of aliphatic imine (C=N–C) groups is 1. The molecule has 158 valence electrons. The van der Waals surface area contributed by atoms with Crippen molar-refractivity contribution in [3.8, 4) is 11.4 Å². The number of allylic oxidation sites excluding steroid dienone is 1. The number of benzene rings is 1. The summed E-state index contributed by atoms with van der Waals surface area (Å²) in [5.74, 6) is 2.06. The lowest BCUT2D eigenvalue weighted by atomic mass is 10.0. The first-order valence-electron chi connectivity index (χ1n) is 10.6. The van der Waals surface area contributed by atoms with E-state index in [1.807, 2.05) is 38.4 Å². The third-order valence-electron chi connectivity index (χ3n) is 5.63. The smallest absolute Gasteiger partial charge is 0.159 e. The Balaban J connectivity index is 1.73. The number of anilines is 1. The first-order valence-corrected chi connectivity index (χ1v) is 10.6. The van der Waals surface area contributed by atoms with Crippen molar-refractivity contribution in [3.05, 3.63) is 66.3 Å². The van der Waals surface area contributed by atoms with Crippen LogP contribution in [0, 0.1) is 6.92 Å². The van der Waals surface area contributed by atoms with Crippen molar-refractivity contribution in [2.75, 3.05) is 12.4 Å². The SMILES string of the molecule is C=C(/C=C\C(C)=NC)C(C)Nc1ncnc2c(C3CC3)cc(-c3ncc(C)cn3)cc12. The third kappa shape index (κ3) is 4.68. The molecule has 0 spiro atoms. The fraction of sp³-hybridized carbons (Fsp3) is 0.320. The minimum atomic E-state index is 0.00246. The molecule has 31 heavy (non-hydrogen) atoms. The summed E-state index contributed by atoms with van der Waals surface area (Å²) in [6.07, 6.45) is 11.7. The van der Waals surface area contributed by atoms with E-state index >= 15 is 0 Å². The second-order valence-electron chi connectivity index (χ2n) is 8.18. The summed E-state index contributed by atoms with van der Waals surface area (Å²) >= 11 is 0. The Morgan fingerprint density at radius 2 is 1.90 bits per heavy atom. The summed E-state index contributed by atoms with van der Waals surface area (Å²) in [5.41, 5.74) is 6.20. The van der Waals surface area contributed by atoms with E-state index in [2.05, 4.69) is 55.9 Å². The minimum Gasteiger partial charge on any atom is -0.363 e. The van der Waals surface area contributed by atoms with Crippen LogP contribution in [0.2, 0.25) is 0 Å². The van der Waals surface area contributed by atoms with Gasteiger partial charge in [0.1, 0.15) is 12.1 Å². The molecule has 0 radical (unpaired) electrons. The van der Waals surface area contributed by atoms with Gasteiger partial charge in [-0.3, -0.25) is 4.99 Å². The predicted molar refractivity (Wildman–Crippen MR) is 128 cm³/mol. The van der Waals surface area contributed by atoms with E-state index < -0.39 is 0 Å². The Morgan fingerprint density at radius 1 is 1.16 bits per heavy atom. The van der Waals surface area contributed by atoms with Gasteiger partial charge in [0, 0.05) is 42.1 Å². The molecule has 2 heterocycles. The van der Waals surface area contributed by atoms with Gasteiger partial charge in [-0.1, -0.05) is 12.7 Å². The molecule has 1 unspecified atom stereocenters. The molecule has 1 N–H and O–H groups in total. The Bertz CT molecular complexity index is 1170. The van der Waals surface area contributed by atoms with Gasteiger partial charge < -0.3 is 5.32 Å². The first kappa shape index (κ1) is 20.8. The fourth-order valence-corrected chi connectivity index (χ4v) is 3.43. The van der Waals surface area contributed by atoms with E-state index in [-0.39, 0.29) is 6.04 Å². The van der Waals surface area contributed by atoms with Crippen LogP contribution in [0.1, 0.15) is 43.7 Å². The number of nitrogens with zero attached hydrogens (tertiary/aromatic N) is 5. The summed E-state index contributed by atoms with van der Waals surface area (Å²) in [6.45, 7) is 10.2. The number of aryl methyl sites for hydroxylation is 1. The van der Waals surface area contributed by atoms with E-state index in [9.17, 15) is 0 Å². The Kier molecular flexibility index (Phi) is 5.89. The molecule has 6 nitrogen and oxygen atoms in total. The average Bonchev–Trinajstić information content (AvgIpc) is 3.62. The molecule has 1 atom stereocenters. The van der Waals surface area contributed by atoms with Crippen LogP contribution in [0.5, 0.6) is 0 Å². The van der Waals surface area contributed by atoms with Crippen LogP contribution in [0.3, 0.4) is 0 Å². The van der Waals surface area contributed by atoms with Crippen LogP contribution in [-0.4, -0.2) is 38.7 Å². The lowest BCUT2D eigenvalue weighted by molar-refractivity contribution is 0.943. The molecular weight excluding hydrogens is 384 g/mol. The largest absolute Gasteiger partial charge is 0.363 e. The zero-order valence-corrected chi connectivity index (χ0v) is 18.6. The quantitative estimate of drug-likeness (QED) is 0.422. The molecule has 4 rings (SSSR count). The van der Waals surface area contributed by atoms with Gasteiger partial charge in [0.05, 0.1) is 5.52 Å². The van der Waals surface area contributed by atoms with Gasteiger partial charge in [0.15, 0.2) is 5.82 Å². The molecule has 0 amide bonds. The van der Waals surface area contributed by atoms with Crippen molar-refractivity contribution in [2.45, 2.75) is 45.6 Å². The van der Waals surface area contributed by atoms with Crippen LogP contribution in [-0.2, 0) is 0 Å². The van der Waals surface area contributed by atoms with Crippen molar-refractivity contribution in [3.63, 3.8) is 0 Å². The van der Waals surface area contributed by atoms with Crippen LogP contribution < -0.4 is 5.32 Å². The normalized spacial score (nSPS) is 15.4. The number of nitrogens with one attached hydrogen (secondary N) is 1. The molecule has 1 aliphatic rings. The summed E-state index contributed by atoms with van der Waals surface area (Å²) in [6, 6.07) is 4.29. The van der Waals surface area contributed by atoms with E-state index in [1.165, 1.54) is 18.4 Å². The maximum Gasteiger partial charge on any atom is 0.159 e. The van der Waals surface area contributed by atoms with Crippen molar-refractivity contribution in [2.24, 2.45) is 4.99 Å². The van der Waals surface area contributed by atoms with Gasteiger partial charge in [-0.05, 0) is 74.4 Å². The molecule has 0 aliphatic heterocycles. The summed E-state index contributed by atoms with van der Waals surface area (Å²) in [5, 5.41) is 4.51. The van der Waals surface area contributed by atoms with E-state index in [0.29, 0.717) is 5.92 Å². The lowest BCUT2D eigenvalue weighted by Gasteiger charge is -2.17. The highest BCUT2D eigenvalue weighted by atomic mass is 15.0. The van der Waals surface area contributed by atoms with E-state index in [0.717, 1.165) is 45.0 Å². The maximum atomic E-state index is 4.63. The highest BCUT2D eigenvalue weighted by Crippen LogP contribution is 2.44. The summed E-state index contributed by atoms with van der Waals surface area (Å²) < 4.78 is 0. The fourth-order valence-electron chi connectivity index (χ4n) is 3.43. The molecule has 1 aromatic carbocycles. The van der Waals surface area contributed by atoms with Gasteiger partial charge in [-0.2, -0.15) is 0 Å². The molecule has 1 fully saturated rings. The average molecular weight is 413 g/mol. The standard InChI is InChI=1S/C25H28N6/c1-15-12-27-24(28-13-15)20-10-21(19-8-9-19)23-22(11-20)25(30-14-29-23)31-18(4)16(2)6-7-17(3)26-5/h6-7,10-14,18-19H,2,8-9H2,1,3-5H3,(H,29,30,31)/b7-6-,26-17?. The molecule has 1 aliphatic carbocycles. The van der Waals surface area contributed by atoms with Gasteiger partial charge in [-0.15, -0.1) is 0 Å². The number of hydrogen-bond acceptors (Lipinski definition) is 6. The second-order valence-corrected chi connectivity index (χ2v) is 8.18. The number of hydrogen-bond donors (Lipinski definition) is 1. The molecular formula is C25H28N6. The zero-order valence-electron chi connectivity index (χ0n) is 18.6. The highest BCUT2D eigenvalue weighted by molar-refractivity contribution is 5.95.